The van der Waals surface area contributed by atoms with E-state index in [-0.39, 0.29) is 12.5 Å². The van der Waals surface area contributed by atoms with Crippen molar-refractivity contribution in [3.8, 4) is 5.75 Å². The molecule has 3 nitrogen and oxygen atoms in total. The number of amides is 1. The van der Waals surface area contributed by atoms with Gasteiger partial charge in [0.15, 0.2) is 6.61 Å². The highest BCUT2D eigenvalue weighted by Gasteiger charge is 2.09. The van der Waals surface area contributed by atoms with Crippen molar-refractivity contribution in [1.29, 1.82) is 0 Å². The van der Waals surface area contributed by atoms with Gasteiger partial charge in [0.05, 0.1) is 0 Å². The van der Waals surface area contributed by atoms with Crippen LogP contribution in [0.15, 0.2) is 36.4 Å². The van der Waals surface area contributed by atoms with Crippen molar-refractivity contribution in [2.24, 2.45) is 0 Å². The molecule has 116 valence electrons. The minimum absolute atomic E-state index is 0.00565. The summed E-state index contributed by atoms with van der Waals surface area (Å²) in [6, 6.07) is 11.5. The molecule has 22 heavy (non-hydrogen) atoms. The second kappa shape index (κ2) is 7.32. The van der Waals surface area contributed by atoms with Gasteiger partial charge in [-0.3, -0.25) is 4.79 Å². The Labute approximate surface area is 136 Å². The standard InChI is InChI=1S/C18H20ClNO2/c1-12-7-8-13(2)18(14(12)3)22-11-17(21)20-10-15-5-4-6-16(19)9-15/h4-9H,10-11H2,1-3H3,(H,20,21). The summed E-state index contributed by atoms with van der Waals surface area (Å²) in [4.78, 5) is 11.9. The molecule has 0 aliphatic rings. The van der Waals surface area contributed by atoms with E-state index < -0.39 is 0 Å². The van der Waals surface area contributed by atoms with E-state index in [1.807, 2.05) is 45.0 Å². The smallest absolute Gasteiger partial charge is 0.258 e. The molecule has 0 spiro atoms. The molecule has 2 aromatic rings. The van der Waals surface area contributed by atoms with Crippen molar-refractivity contribution in [2.45, 2.75) is 27.3 Å². The quantitative estimate of drug-likeness (QED) is 0.906. The molecule has 2 aromatic carbocycles. The third-order valence-electron chi connectivity index (χ3n) is 3.60. The second-order valence-corrected chi connectivity index (χ2v) is 5.79. The van der Waals surface area contributed by atoms with E-state index in [9.17, 15) is 4.79 Å². The van der Waals surface area contributed by atoms with Crippen LogP contribution in [-0.4, -0.2) is 12.5 Å². The predicted molar refractivity (Wildman–Crippen MR) is 89.4 cm³/mol. The number of carbonyl (C=O) groups is 1. The Morgan fingerprint density at radius 1 is 1.14 bits per heavy atom. The summed E-state index contributed by atoms with van der Waals surface area (Å²) < 4.78 is 5.68. The van der Waals surface area contributed by atoms with Gasteiger partial charge in [-0.05, 0) is 55.2 Å². The Bertz CT molecular complexity index is 683. The molecular formula is C18H20ClNO2. The average molecular weight is 318 g/mol. The van der Waals surface area contributed by atoms with Crippen LogP contribution >= 0.6 is 11.6 Å². The minimum Gasteiger partial charge on any atom is -0.483 e. The molecule has 0 atom stereocenters. The molecular weight excluding hydrogens is 298 g/mol. The van der Waals surface area contributed by atoms with Crippen LogP contribution < -0.4 is 10.1 Å². The second-order valence-electron chi connectivity index (χ2n) is 5.35. The first kappa shape index (κ1) is 16.4. The number of halogens is 1. The van der Waals surface area contributed by atoms with Crippen LogP contribution in [-0.2, 0) is 11.3 Å². The van der Waals surface area contributed by atoms with E-state index >= 15 is 0 Å². The van der Waals surface area contributed by atoms with E-state index in [0.29, 0.717) is 11.6 Å². The molecule has 4 heteroatoms. The highest BCUT2D eigenvalue weighted by molar-refractivity contribution is 6.30. The van der Waals surface area contributed by atoms with Crippen molar-refractivity contribution in [2.75, 3.05) is 6.61 Å². The lowest BCUT2D eigenvalue weighted by molar-refractivity contribution is -0.123. The molecule has 0 heterocycles. The average Bonchev–Trinajstić information content (AvgIpc) is 2.49. The molecule has 0 aromatic heterocycles. The number of aryl methyl sites for hydroxylation is 2. The van der Waals surface area contributed by atoms with Crippen LogP contribution in [0.5, 0.6) is 5.75 Å². The van der Waals surface area contributed by atoms with Crippen LogP contribution in [0.2, 0.25) is 5.02 Å². The Balaban J connectivity index is 1.90. The zero-order valence-electron chi connectivity index (χ0n) is 13.1. The first-order valence-electron chi connectivity index (χ1n) is 7.18. The number of hydrogen-bond acceptors (Lipinski definition) is 2. The molecule has 0 saturated heterocycles. The fourth-order valence-electron chi connectivity index (χ4n) is 2.18. The lowest BCUT2D eigenvalue weighted by atomic mass is 10.1. The van der Waals surface area contributed by atoms with E-state index in [0.717, 1.165) is 28.0 Å². The van der Waals surface area contributed by atoms with Crippen molar-refractivity contribution >= 4 is 17.5 Å². The van der Waals surface area contributed by atoms with Gasteiger partial charge >= 0.3 is 0 Å². The fraction of sp³-hybridized carbons (Fsp3) is 0.278. The van der Waals surface area contributed by atoms with Crippen LogP contribution in [0.25, 0.3) is 0 Å². The van der Waals surface area contributed by atoms with Gasteiger partial charge in [-0.15, -0.1) is 0 Å². The van der Waals surface area contributed by atoms with E-state index in [1.54, 1.807) is 6.07 Å². The molecule has 0 aliphatic carbocycles. The normalized spacial score (nSPS) is 10.4. The van der Waals surface area contributed by atoms with E-state index in [4.69, 9.17) is 16.3 Å². The molecule has 1 amide bonds. The highest BCUT2D eigenvalue weighted by Crippen LogP contribution is 2.25. The fourth-order valence-corrected chi connectivity index (χ4v) is 2.40. The van der Waals surface area contributed by atoms with Crippen LogP contribution in [0.1, 0.15) is 22.3 Å². The summed E-state index contributed by atoms with van der Waals surface area (Å²) in [7, 11) is 0. The first-order chi connectivity index (χ1) is 10.5. The maximum Gasteiger partial charge on any atom is 0.258 e. The molecule has 0 saturated carbocycles. The Morgan fingerprint density at radius 2 is 1.86 bits per heavy atom. The van der Waals surface area contributed by atoms with Gasteiger partial charge in [-0.1, -0.05) is 35.9 Å². The van der Waals surface area contributed by atoms with Gasteiger partial charge in [0.2, 0.25) is 0 Å². The number of nitrogens with one attached hydrogen (secondary N) is 1. The van der Waals surface area contributed by atoms with Gasteiger partial charge in [0.1, 0.15) is 5.75 Å². The van der Waals surface area contributed by atoms with Crippen LogP contribution in [0, 0.1) is 20.8 Å². The van der Waals surface area contributed by atoms with Gasteiger partial charge in [-0.2, -0.15) is 0 Å². The summed E-state index contributed by atoms with van der Waals surface area (Å²) in [5.74, 6) is 0.637. The first-order valence-corrected chi connectivity index (χ1v) is 7.56. The van der Waals surface area contributed by atoms with Crippen LogP contribution in [0.4, 0.5) is 0 Å². The van der Waals surface area contributed by atoms with Gasteiger partial charge in [0.25, 0.3) is 5.91 Å². The molecule has 0 fully saturated rings. The maximum atomic E-state index is 11.9. The molecule has 0 radical (unpaired) electrons. The van der Waals surface area contributed by atoms with E-state index in [2.05, 4.69) is 11.4 Å². The van der Waals surface area contributed by atoms with Gasteiger partial charge < -0.3 is 10.1 Å². The van der Waals surface area contributed by atoms with Crippen molar-refractivity contribution in [3.05, 3.63) is 63.7 Å². The lowest BCUT2D eigenvalue weighted by Gasteiger charge is -2.14. The van der Waals surface area contributed by atoms with Crippen molar-refractivity contribution in [1.82, 2.24) is 5.32 Å². The zero-order chi connectivity index (χ0) is 16.1. The van der Waals surface area contributed by atoms with Crippen LogP contribution in [0.3, 0.4) is 0 Å². The molecule has 0 aliphatic heterocycles. The largest absolute Gasteiger partial charge is 0.483 e. The SMILES string of the molecule is Cc1ccc(C)c(OCC(=O)NCc2cccc(Cl)c2)c1C. The summed E-state index contributed by atoms with van der Waals surface area (Å²) in [5, 5.41) is 3.49. The Kier molecular flexibility index (Phi) is 5.45. The molecule has 0 bridgehead atoms. The lowest BCUT2D eigenvalue weighted by Crippen LogP contribution is -2.28. The summed E-state index contributed by atoms with van der Waals surface area (Å²) >= 11 is 5.91. The van der Waals surface area contributed by atoms with Gasteiger partial charge in [0, 0.05) is 11.6 Å². The number of benzene rings is 2. The topological polar surface area (TPSA) is 38.3 Å². The highest BCUT2D eigenvalue weighted by atomic mass is 35.5. The summed E-state index contributed by atoms with van der Waals surface area (Å²) in [6.07, 6.45) is 0. The molecule has 1 N–H and O–H groups in total. The summed E-state index contributed by atoms with van der Waals surface area (Å²) in [6.45, 7) is 6.45. The Morgan fingerprint density at radius 3 is 2.59 bits per heavy atom. The maximum absolute atomic E-state index is 11.9. The number of carbonyl (C=O) groups excluding carboxylic acids is 1. The number of ether oxygens (including phenoxy) is 1. The molecule has 0 unspecified atom stereocenters. The third-order valence-corrected chi connectivity index (χ3v) is 3.83. The summed E-state index contributed by atoms with van der Waals surface area (Å²) in [5.41, 5.74) is 4.22. The predicted octanol–water partition coefficient (Wildman–Crippen LogP) is 3.96. The minimum atomic E-state index is -0.153. The number of hydrogen-bond donors (Lipinski definition) is 1. The van der Waals surface area contributed by atoms with E-state index in [1.165, 1.54) is 0 Å². The third kappa shape index (κ3) is 4.25. The zero-order valence-corrected chi connectivity index (χ0v) is 13.8. The van der Waals surface area contributed by atoms with Gasteiger partial charge in [-0.25, -0.2) is 0 Å². The number of rotatable bonds is 5. The monoisotopic (exact) mass is 317 g/mol. The Hall–Kier alpha value is -2.00. The van der Waals surface area contributed by atoms with Crippen molar-refractivity contribution in [3.63, 3.8) is 0 Å². The van der Waals surface area contributed by atoms with Crippen molar-refractivity contribution < 1.29 is 9.53 Å². The molecule has 2 rings (SSSR count).